The van der Waals surface area contributed by atoms with Crippen LogP contribution in [0.15, 0.2) is 42.9 Å². The van der Waals surface area contributed by atoms with Crippen molar-refractivity contribution in [1.29, 1.82) is 0 Å². The molecule has 8 nitrogen and oxygen atoms in total. The van der Waals surface area contributed by atoms with Crippen LogP contribution in [-0.4, -0.2) is 30.7 Å². The quantitative estimate of drug-likeness (QED) is 0.497. The first-order valence-electron chi connectivity index (χ1n) is 6.26. The van der Waals surface area contributed by atoms with Crippen LogP contribution in [0.1, 0.15) is 10.4 Å². The van der Waals surface area contributed by atoms with Crippen LogP contribution in [0.25, 0.3) is 11.5 Å². The highest BCUT2D eigenvalue weighted by Crippen LogP contribution is 2.12. The van der Waals surface area contributed by atoms with Gasteiger partial charge in [0.1, 0.15) is 5.69 Å². The number of carbonyl (C=O) groups excluding carboxylic acids is 1. The summed E-state index contributed by atoms with van der Waals surface area (Å²) in [6.45, 7) is 0. The maximum atomic E-state index is 12.3. The van der Waals surface area contributed by atoms with Crippen LogP contribution in [0, 0.1) is 4.77 Å². The normalized spacial score (nSPS) is 10.4. The van der Waals surface area contributed by atoms with Crippen molar-refractivity contribution < 1.29 is 4.79 Å². The van der Waals surface area contributed by atoms with Gasteiger partial charge in [0.25, 0.3) is 5.91 Å². The molecule has 0 bridgehead atoms. The summed E-state index contributed by atoms with van der Waals surface area (Å²) in [7, 11) is 0. The number of nitrogens with one attached hydrogen (secondary N) is 2. The molecule has 0 radical (unpaired) electrons. The average Bonchev–Trinajstić information content (AvgIpc) is 2.90. The third-order valence-corrected chi connectivity index (χ3v) is 3.12. The first kappa shape index (κ1) is 13.9. The molecule has 110 valence electrons. The molecule has 0 spiro atoms. The Labute approximate surface area is 130 Å². The van der Waals surface area contributed by atoms with E-state index < -0.39 is 0 Å². The zero-order valence-corrected chi connectivity index (χ0v) is 12.0. The summed E-state index contributed by atoms with van der Waals surface area (Å²) in [5.74, 6) is 0.0181. The zero-order chi connectivity index (χ0) is 15.5. The summed E-state index contributed by atoms with van der Waals surface area (Å²) in [5.41, 5.74) is 9.77. The van der Waals surface area contributed by atoms with Gasteiger partial charge in [-0.25, -0.2) is 14.8 Å². The largest absolute Gasteiger partial charge is 0.399 e. The van der Waals surface area contributed by atoms with E-state index in [1.807, 2.05) is 0 Å². The number of H-pyrrole nitrogens is 1. The fourth-order valence-corrected chi connectivity index (χ4v) is 1.97. The van der Waals surface area contributed by atoms with E-state index in [0.29, 0.717) is 22.8 Å². The molecular weight excluding hydrogens is 302 g/mol. The predicted molar refractivity (Wildman–Crippen MR) is 83.0 cm³/mol. The molecule has 0 unspecified atom stereocenters. The molecule has 0 aliphatic carbocycles. The second-order valence-electron chi connectivity index (χ2n) is 4.34. The number of rotatable bonds is 3. The molecule has 2 heterocycles. The van der Waals surface area contributed by atoms with Crippen molar-refractivity contribution >= 4 is 23.8 Å². The summed E-state index contributed by atoms with van der Waals surface area (Å²) in [5, 5.41) is 6.67. The Bertz CT molecular complexity index is 854. The molecule has 0 saturated heterocycles. The van der Waals surface area contributed by atoms with Crippen LogP contribution in [0.5, 0.6) is 0 Å². The number of amides is 1. The summed E-state index contributed by atoms with van der Waals surface area (Å²) < 4.78 is 1.59. The van der Waals surface area contributed by atoms with Gasteiger partial charge in [-0.1, -0.05) is 0 Å². The lowest BCUT2D eigenvalue weighted by atomic mass is 10.2. The first-order valence-corrected chi connectivity index (χ1v) is 6.66. The van der Waals surface area contributed by atoms with E-state index in [0.717, 1.165) is 0 Å². The minimum Gasteiger partial charge on any atom is -0.399 e. The smallest absolute Gasteiger partial charge is 0.270 e. The minimum absolute atomic E-state index is 0.240. The van der Waals surface area contributed by atoms with Crippen molar-refractivity contribution in [2.45, 2.75) is 0 Å². The number of carbonyl (C=O) groups is 1. The predicted octanol–water partition coefficient (Wildman–Crippen LogP) is 1.36. The van der Waals surface area contributed by atoms with E-state index in [2.05, 4.69) is 25.6 Å². The summed E-state index contributed by atoms with van der Waals surface area (Å²) in [6.07, 6.45) is 4.60. The van der Waals surface area contributed by atoms with E-state index in [9.17, 15) is 4.79 Å². The number of nitrogens with zero attached hydrogens (tertiary/aromatic N) is 4. The first-order chi connectivity index (χ1) is 10.6. The fraction of sp³-hybridized carbons (Fsp3) is 0. The number of aromatic nitrogens is 5. The SMILES string of the molecule is Nc1ccc(C(=O)Nn2c(-c3cnccn3)n[nH]c2=S)cc1. The zero-order valence-electron chi connectivity index (χ0n) is 11.2. The third kappa shape index (κ3) is 2.69. The van der Waals surface area contributed by atoms with Crippen molar-refractivity contribution in [2.75, 3.05) is 11.2 Å². The van der Waals surface area contributed by atoms with Crippen molar-refractivity contribution in [1.82, 2.24) is 24.8 Å². The lowest BCUT2D eigenvalue weighted by Gasteiger charge is -2.08. The number of anilines is 1. The highest BCUT2D eigenvalue weighted by Gasteiger charge is 2.13. The Morgan fingerprint density at radius 1 is 1.27 bits per heavy atom. The number of hydrogen-bond acceptors (Lipinski definition) is 6. The third-order valence-electron chi connectivity index (χ3n) is 2.85. The Hall–Kier alpha value is -3.07. The van der Waals surface area contributed by atoms with Crippen LogP contribution < -0.4 is 11.2 Å². The van der Waals surface area contributed by atoms with Crippen molar-refractivity contribution in [3.63, 3.8) is 0 Å². The van der Waals surface area contributed by atoms with Gasteiger partial charge in [0.15, 0.2) is 0 Å². The van der Waals surface area contributed by atoms with Gasteiger partial charge in [-0.05, 0) is 36.5 Å². The molecular formula is C13H11N7OS. The average molecular weight is 313 g/mol. The molecule has 2 aromatic heterocycles. The maximum absolute atomic E-state index is 12.3. The Balaban J connectivity index is 1.93. The van der Waals surface area contributed by atoms with Gasteiger partial charge < -0.3 is 5.73 Å². The van der Waals surface area contributed by atoms with E-state index in [-0.39, 0.29) is 10.7 Å². The molecule has 3 rings (SSSR count). The summed E-state index contributed by atoms with van der Waals surface area (Å²) in [6, 6.07) is 6.53. The summed E-state index contributed by atoms with van der Waals surface area (Å²) >= 11 is 5.12. The molecule has 0 saturated carbocycles. The van der Waals surface area contributed by atoms with E-state index in [1.165, 1.54) is 17.1 Å². The number of benzene rings is 1. The number of nitrogen functional groups attached to an aromatic ring is 1. The van der Waals surface area contributed by atoms with E-state index in [1.54, 1.807) is 30.5 Å². The number of aromatic amines is 1. The molecule has 3 aromatic rings. The molecule has 0 aliphatic heterocycles. The van der Waals surface area contributed by atoms with E-state index in [4.69, 9.17) is 18.0 Å². The second-order valence-corrected chi connectivity index (χ2v) is 4.73. The number of hydrogen-bond donors (Lipinski definition) is 3. The van der Waals surface area contributed by atoms with Gasteiger partial charge in [0.2, 0.25) is 10.6 Å². The lowest BCUT2D eigenvalue weighted by Crippen LogP contribution is -2.24. The Kier molecular flexibility index (Phi) is 3.62. The van der Waals surface area contributed by atoms with Crippen molar-refractivity contribution in [3.05, 3.63) is 53.2 Å². The van der Waals surface area contributed by atoms with Crippen LogP contribution >= 0.6 is 12.2 Å². The minimum atomic E-state index is -0.345. The van der Waals surface area contributed by atoms with Crippen LogP contribution in [0.4, 0.5) is 5.69 Å². The van der Waals surface area contributed by atoms with Crippen LogP contribution in [0.2, 0.25) is 0 Å². The number of nitrogens with two attached hydrogens (primary N) is 1. The van der Waals surface area contributed by atoms with Gasteiger partial charge in [-0.2, -0.15) is 5.10 Å². The monoisotopic (exact) mass is 313 g/mol. The Morgan fingerprint density at radius 2 is 2.05 bits per heavy atom. The lowest BCUT2D eigenvalue weighted by molar-refractivity contribution is 0.101. The molecule has 0 aliphatic rings. The molecule has 4 N–H and O–H groups in total. The van der Waals surface area contributed by atoms with Gasteiger partial charge >= 0.3 is 0 Å². The molecule has 9 heteroatoms. The van der Waals surface area contributed by atoms with Gasteiger partial charge in [0, 0.05) is 23.6 Å². The van der Waals surface area contributed by atoms with Crippen molar-refractivity contribution in [2.24, 2.45) is 0 Å². The van der Waals surface area contributed by atoms with E-state index >= 15 is 0 Å². The van der Waals surface area contributed by atoms with Crippen LogP contribution in [0.3, 0.4) is 0 Å². The molecule has 22 heavy (non-hydrogen) atoms. The molecule has 0 fully saturated rings. The highest BCUT2D eigenvalue weighted by atomic mass is 32.1. The van der Waals surface area contributed by atoms with Crippen LogP contribution in [-0.2, 0) is 0 Å². The Morgan fingerprint density at radius 3 is 2.73 bits per heavy atom. The second kappa shape index (κ2) is 5.74. The van der Waals surface area contributed by atoms with Crippen molar-refractivity contribution in [3.8, 4) is 11.5 Å². The van der Waals surface area contributed by atoms with Gasteiger partial charge in [0.05, 0.1) is 6.20 Å². The van der Waals surface area contributed by atoms with Gasteiger partial charge in [-0.15, -0.1) is 0 Å². The topological polar surface area (TPSA) is 115 Å². The molecule has 0 atom stereocenters. The fourth-order valence-electron chi connectivity index (χ4n) is 1.79. The molecule has 1 amide bonds. The summed E-state index contributed by atoms with van der Waals surface area (Å²) in [4.78, 5) is 20.4. The highest BCUT2D eigenvalue weighted by molar-refractivity contribution is 7.71. The standard InChI is InChI=1S/C13H11N7OS/c14-9-3-1-8(2-4-9)12(21)19-20-11(17-18-13(20)22)10-7-15-5-6-16-10/h1-7H,14H2,(H,18,22)(H,19,21). The maximum Gasteiger partial charge on any atom is 0.270 e. The van der Waals surface area contributed by atoms with Gasteiger partial charge in [-0.3, -0.25) is 15.2 Å². The molecule has 1 aromatic carbocycles.